The van der Waals surface area contributed by atoms with E-state index >= 15 is 0 Å². The summed E-state index contributed by atoms with van der Waals surface area (Å²) in [6.45, 7) is 1.62. The molecule has 2 aromatic carbocycles. The Morgan fingerprint density at radius 3 is 2.19 bits per heavy atom. The van der Waals surface area contributed by atoms with Gasteiger partial charge < -0.3 is 10.6 Å². The Hall–Kier alpha value is -2.62. The molecule has 0 aliphatic heterocycles. The molecular weight excluding hydrogens is 264 g/mol. The number of carbonyl (C=O) groups excluding carboxylic acids is 2. The van der Waals surface area contributed by atoms with Crippen LogP contribution in [0.3, 0.4) is 0 Å². The van der Waals surface area contributed by atoms with Crippen molar-refractivity contribution in [2.75, 3.05) is 7.05 Å². The molecule has 108 valence electrons. The first-order valence-corrected chi connectivity index (χ1v) is 6.73. The lowest BCUT2D eigenvalue weighted by molar-refractivity contribution is -0.121. The van der Waals surface area contributed by atoms with Crippen molar-refractivity contribution in [3.63, 3.8) is 0 Å². The number of nitrogens with two attached hydrogens (primary N) is 1. The zero-order valence-corrected chi connectivity index (χ0v) is 12.1. The van der Waals surface area contributed by atoms with Crippen molar-refractivity contribution in [3.05, 3.63) is 60.2 Å². The monoisotopic (exact) mass is 282 g/mol. The van der Waals surface area contributed by atoms with Crippen LogP contribution in [0.5, 0.6) is 0 Å². The highest BCUT2D eigenvalue weighted by Crippen LogP contribution is 2.24. The summed E-state index contributed by atoms with van der Waals surface area (Å²) in [4.78, 5) is 25.2. The summed E-state index contributed by atoms with van der Waals surface area (Å²) >= 11 is 0. The van der Waals surface area contributed by atoms with E-state index in [-0.39, 0.29) is 5.91 Å². The summed E-state index contributed by atoms with van der Waals surface area (Å²) in [5.74, 6) is -0.746. The Bertz CT molecular complexity index is 653. The van der Waals surface area contributed by atoms with Crippen molar-refractivity contribution in [1.29, 1.82) is 0 Å². The number of primary amides is 1. The molecule has 0 unspecified atom stereocenters. The van der Waals surface area contributed by atoms with Gasteiger partial charge in [0.1, 0.15) is 6.04 Å². The largest absolute Gasteiger partial charge is 0.368 e. The number of nitrogens with zero attached hydrogens (tertiary/aromatic N) is 1. The molecule has 21 heavy (non-hydrogen) atoms. The van der Waals surface area contributed by atoms with E-state index in [1.165, 1.54) is 4.90 Å². The zero-order valence-electron chi connectivity index (χ0n) is 12.1. The molecule has 1 atom stereocenters. The van der Waals surface area contributed by atoms with Gasteiger partial charge in [-0.25, -0.2) is 0 Å². The molecule has 0 aliphatic carbocycles. The van der Waals surface area contributed by atoms with Crippen molar-refractivity contribution >= 4 is 11.8 Å². The number of carbonyl (C=O) groups is 2. The highest BCUT2D eigenvalue weighted by molar-refractivity contribution is 6.02. The van der Waals surface area contributed by atoms with Gasteiger partial charge in [-0.15, -0.1) is 0 Å². The van der Waals surface area contributed by atoms with E-state index in [4.69, 9.17) is 5.73 Å². The van der Waals surface area contributed by atoms with Crippen molar-refractivity contribution in [3.8, 4) is 11.1 Å². The molecule has 2 aromatic rings. The minimum Gasteiger partial charge on any atom is -0.368 e. The van der Waals surface area contributed by atoms with E-state index in [9.17, 15) is 9.59 Å². The standard InChI is InChI=1S/C17H18N2O2/c1-12(16(18)20)19(2)17(21)15-11-7-6-10-14(15)13-8-4-3-5-9-13/h3-12H,1-2H3,(H2,18,20)/t12-/m1/s1. The molecule has 2 N–H and O–H groups in total. The summed E-state index contributed by atoms with van der Waals surface area (Å²) < 4.78 is 0. The number of likely N-dealkylation sites (N-methyl/N-ethyl adjacent to an activating group) is 1. The van der Waals surface area contributed by atoms with Gasteiger partial charge in [-0.05, 0) is 24.1 Å². The van der Waals surface area contributed by atoms with E-state index in [0.717, 1.165) is 11.1 Å². The number of benzene rings is 2. The predicted octanol–water partition coefficient (Wildman–Crippen LogP) is 2.30. The molecule has 4 nitrogen and oxygen atoms in total. The normalized spacial score (nSPS) is 11.7. The van der Waals surface area contributed by atoms with Crippen molar-refractivity contribution in [1.82, 2.24) is 4.90 Å². The molecule has 0 aliphatic rings. The molecular formula is C17H18N2O2. The Labute approximate surface area is 124 Å². The fourth-order valence-electron chi connectivity index (χ4n) is 2.10. The quantitative estimate of drug-likeness (QED) is 0.935. The second-order valence-electron chi connectivity index (χ2n) is 4.91. The summed E-state index contributed by atoms with van der Waals surface area (Å²) in [5, 5.41) is 0. The predicted molar refractivity (Wildman–Crippen MR) is 82.6 cm³/mol. The SMILES string of the molecule is C[C@H](C(N)=O)N(C)C(=O)c1ccccc1-c1ccccc1. The minimum absolute atomic E-state index is 0.222. The van der Waals surface area contributed by atoms with Crippen LogP contribution in [0.15, 0.2) is 54.6 Å². The molecule has 2 amide bonds. The molecule has 0 spiro atoms. The van der Waals surface area contributed by atoms with Crippen molar-refractivity contribution in [2.24, 2.45) is 5.73 Å². The maximum atomic E-state index is 12.6. The summed E-state index contributed by atoms with van der Waals surface area (Å²) in [7, 11) is 1.58. The zero-order chi connectivity index (χ0) is 15.4. The number of rotatable bonds is 4. The summed E-state index contributed by atoms with van der Waals surface area (Å²) in [6, 6.07) is 16.4. The number of hydrogen-bond donors (Lipinski definition) is 1. The first kappa shape index (κ1) is 14.8. The van der Waals surface area contributed by atoms with Gasteiger partial charge in [-0.1, -0.05) is 48.5 Å². The van der Waals surface area contributed by atoms with Gasteiger partial charge in [0.05, 0.1) is 0 Å². The fourth-order valence-corrected chi connectivity index (χ4v) is 2.10. The van der Waals surface area contributed by atoms with Crippen LogP contribution >= 0.6 is 0 Å². The maximum Gasteiger partial charge on any atom is 0.254 e. The molecule has 0 heterocycles. The van der Waals surface area contributed by atoms with Gasteiger partial charge in [0.25, 0.3) is 5.91 Å². The third-order valence-electron chi connectivity index (χ3n) is 3.56. The van der Waals surface area contributed by atoms with Crippen molar-refractivity contribution < 1.29 is 9.59 Å². The Balaban J connectivity index is 2.41. The van der Waals surface area contributed by atoms with Crippen LogP contribution in [0.2, 0.25) is 0 Å². The van der Waals surface area contributed by atoms with Crippen LogP contribution in [0.4, 0.5) is 0 Å². The van der Waals surface area contributed by atoms with E-state index in [1.54, 1.807) is 20.0 Å². The lowest BCUT2D eigenvalue weighted by Gasteiger charge is -2.23. The van der Waals surface area contributed by atoms with Crippen LogP contribution in [0.25, 0.3) is 11.1 Å². The Kier molecular flexibility index (Phi) is 4.38. The fraction of sp³-hybridized carbons (Fsp3) is 0.176. The molecule has 0 fully saturated rings. The van der Waals surface area contributed by atoms with Gasteiger partial charge in [0.15, 0.2) is 0 Å². The molecule has 4 heteroatoms. The summed E-state index contributed by atoms with van der Waals surface area (Å²) in [5.41, 5.74) is 7.62. The second-order valence-corrected chi connectivity index (χ2v) is 4.91. The molecule has 2 rings (SSSR count). The van der Waals surface area contributed by atoms with E-state index < -0.39 is 11.9 Å². The van der Waals surface area contributed by atoms with Crippen molar-refractivity contribution in [2.45, 2.75) is 13.0 Å². The molecule has 0 saturated carbocycles. The van der Waals surface area contributed by atoms with Gasteiger partial charge in [0.2, 0.25) is 5.91 Å². The Morgan fingerprint density at radius 2 is 1.57 bits per heavy atom. The van der Waals surface area contributed by atoms with E-state index in [1.807, 2.05) is 48.5 Å². The summed E-state index contributed by atoms with van der Waals surface area (Å²) in [6.07, 6.45) is 0. The lowest BCUT2D eigenvalue weighted by Crippen LogP contribution is -2.43. The van der Waals surface area contributed by atoms with E-state index in [0.29, 0.717) is 5.56 Å². The average Bonchev–Trinajstić information content (AvgIpc) is 2.53. The van der Waals surface area contributed by atoms with Crippen LogP contribution in [-0.2, 0) is 4.79 Å². The minimum atomic E-state index is -0.652. The van der Waals surface area contributed by atoms with Gasteiger partial charge in [-0.2, -0.15) is 0 Å². The highest BCUT2D eigenvalue weighted by Gasteiger charge is 2.23. The third kappa shape index (κ3) is 3.11. The smallest absolute Gasteiger partial charge is 0.254 e. The third-order valence-corrected chi connectivity index (χ3v) is 3.56. The van der Waals surface area contributed by atoms with E-state index in [2.05, 4.69) is 0 Å². The molecule has 0 bridgehead atoms. The maximum absolute atomic E-state index is 12.6. The highest BCUT2D eigenvalue weighted by atomic mass is 16.2. The molecule has 0 radical (unpaired) electrons. The van der Waals surface area contributed by atoms with Gasteiger partial charge >= 0.3 is 0 Å². The topological polar surface area (TPSA) is 63.4 Å². The Morgan fingerprint density at radius 1 is 1.00 bits per heavy atom. The molecule has 0 saturated heterocycles. The van der Waals surface area contributed by atoms with Crippen LogP contribution < -0.4 is 5.73 Å². The first-order chi connectivity index (χ1) is 10.0. The average molecular weight is 282 g/mol. The number of hydrogen-bond acceptors (Lipinski definition) is 2. The van der Waals surface area contributed by atoms with Crippen LogP contribution in [-0.4, -0.2) is 29.8 Å². The second kappa shape index (κ2) is 6.22. The lowest BCUT2D eigenvalue weighted by atomic mass is 9.98. The van der Waals surface area contributed by atoms with Gasteiger partial charge in [-0.3, -0.25) is 9.59 Å². The number of amides is 2. The van der Waals surface area contributed by atoms with Crippen LogP contribution in [0.1, 0.15) is 17.3 Å². The first-order valence-electron chi connectivity index (χ1n) is 6.73. The van der Waals surface area contributed by atoms with Gasteiger partial charge in [0, 0.05) is 12.6 Å². The van der Waals surface area contributed by atoms with Crippen LogP contribution in [0, 0.1) is 0 Å². The molecule has 0 aromatic heterocycles.